The second-order valence-electron chi connectivity index (χ2n) is 18.6. The predicted octanol–water partition coefficient (Wildman–Crippen LogP) is 16.2. The van der Waals surface area contributed by atoms with Crippen LogP contribution in [0.25, 0.3) is 55.7 Å². The van der Waals surface area contributed by atoms with Crippen molar-refractivity contribution >= 4 is 21.9 Å². The zero-order valence-corrected chi connectivity index (χ0v) is 39.6. The number of furan rings is 1. The van der Waals surface area contributed by atoms with E-state index in [1.807, 2.05) is 120 Å². The fourth-order valence-corrected chi connectivity index (χ4v) is 9.52. The van der Waals surface area contributed by atoms with Crippen molar-refractivity contribution in [2.45, 2.75) is 116 Å². The summed E-state index contributed by atoms with van der Waals surface area (Å²) in [7, 11) is 0. The molecule has 0 unspecified atom stereocenters. The van der Waals surface area contributed by atoms with Gasteiger partial charge in [0.2, 0.25) is 0 Å². The molecule has 0 amide bonds. The van der Waals surface area contributed by atoms with Crippen LogP contribution in [0.2, 0.25) is 0 Å². The molecule has 5 nitrogen and oxygen atoms in total. The van der Waals surface area contributed by atoms with Crippen LogP contribution in [0.15, 0.2) is 150 Å². The summed E-state index contributed by atoms with van der Waals surface area (Å²) in [5, 5.41) is 11.4. The van der Waals surface area contributed by atoms with Crippen LogP contribution in [0.1, 0.15) is 149 Å². The van der Waals surface area contributed by atoms with Gasteiger partial charge in [0.25, 0.3) is 0 Å². The molecule has 4 aromatic heterocycles. The van der Waals surface area contributed by atoms with E-state index >= 15 is 0 Å². The van der Waals surface area contributed by atoms with Crippen LogP contribution in [-0.2, 0) is 38.2 Å². The van der Waals surface area contributed by atoms with Crippen molar-refractivity contribution in [2.24, 2.45) is 0 Å². The highest BCUT2D eigenvalue weighted by molar-refractivity contribution is 6.10. The number of aryl methyl sites for hydroxylation is 7. The summed E-state index contributed by atoms with van der Waals surface area (Å²) in [4.78, 5) is 14.0. The quantitative estimate of drug-likeness (QED) is 0.102. The molecule has 0 N–H and O–H groups in total. The maximum Gasteiger partial charge on any atom is 0.144 e. The van der Waals surface area contributed by atoms with Crippen LogP contribution in [0, 0.1) is 18.3 Å². The molecule has 5 aromatic carbocycles. The first kappa shape index (κ1) is 33.4. The third-order valence-electron chi connectivity index (χ3n) is 13.3. The molecule has 344 valence electrons. The molecule has 1 aliphatic rings. The van der Waals surface area contributed by atoms with Gasteiger partial charge in [-0.05, 0) is 162 Å². The third-order valence-corrected chi connectivity index (χ3v) is 13.3. The molecule has 0 saturated heterocycles. The molecular weight excluding hydrogens is 841 g/mol. The Bertz CT molecular complexity index is 3760. The van der Waals surface area contributed by atoms with Crippen molar-refractivity contribution in [3.8, 4) is 39.8 Å². The highest BCUT2D eigenvalue weighted by atomic mass is 16.3. The Labute approximate surface area is 425 Å². The lowest BCUT2D eigenvalue weighted by molar-refractivity contribution is 0.666. The first-order valence-electron chi connectivity index (χ1n) is 29.9. The van der Waals surface area contributed by atoms with E-state index in [0.717, 1.165) is 52.9 Å². The summed E-state index contributed by atoms with van der Waals surface area (Å²) < 4.78 is 125. The Balaban J connectivity index is 1.15. The van der Waals surface area contributed by atoms with E-state index in [1.165, 1.54) is 18.6 Å². The van der Waals surface area contributed by atoms with Gasteiger partial charge in [-0.15, -0.1) is 0 Å². The zero-order chi connectivity index (χ0) is 58.2. The number of para-hydroxylation sites is 1. The number of hydrogen-bond acceptors (Lipinski definition) is 5. The Morgan fingerprint density at radius 1 is 0.565 bits per heavy atom. The molecule has 1 fully saturated rings. The van der Waals surface area contributed by atoms with Crippen molar-refractivity contribution < 1.29 is 20.9 Å². The van der Waals surface area contributed by atoms with Gasteiger partial charge in [-0.1, -0.05) is 132 Å². The Kier molecular flexibility index (Phi) is 9.77. The van der Waals surface area contributed by atoms with E-state index < -0.39 is 54.9 Å². The molecule has 0 aliphatic heterocycles. The largest absolute Gasteiger partial charge is 0.455 e. The van der Waals surface area contributed by atoms with Gasteiger partial charge in [-0.2, -0.15) is 5.26 Å². The molecule has 10 rings (SSSR count). The Hall–Kier alpha value is -7.16. The van der Waals surface area contributed by atoms with Crippen molar-refractivity contribution in [1.29, 1.82) is 5.26 Å². The summed E-state index contributed by atoms with van der Waals surface area (Å²) >= 11 is 0. The SMILES string of the molecule is [2H]C([2H])(c1cc(C([2H])([2H])C([2H])([2H])c2cnc(-c3ccccc3)cc2C(C)C)cc(C([2H])([2H])C([2H])([2H])c2cnc(-c3cccc4c3oc3c(C)c(C#N)ccc34)cc2C2CCCC2)c1)C([2H])([2H])c1cnc(-c2ccccc2)cc1C(C)C. The average molecular weight is 915 g/mol. The summed E-state index contributed by atoms with van der Waals surface area (Å²) in [6, 6.07) is 38.4. The number of nitriles is 1. The molecule has 1 aliphatic carbocycles. The van der Waals surface area contributed by atoms with Crippen LogP contribution < -0.4 is 0 Å². The Morgan fingerprint density at radius 3 is 1.61 bits per heavy atom. The highest BCUT2D eigenvalue weighted by Crippen LogP contribution is 2.41. The molecule has 4 heterocycles. The molecule has 69 heavy (non-hydrogen) atoms. The standard InChI is InChI=1S/C64H62N4O/c1-41(2)57-34-60(48-17-8-6-9-18-48)66-38-51(57)26-23-44-31-45(24-27-52-39-67-61(35-58(52)42(3)4)49-19-10-7-11-20-49)33-46(32-44)25-28-53-40-68-62(36-59(53)47-15-12-13-16-47)56-22-14-21-54-55-30-29-50(37-65)43(5)63(55)69-64(54)56/h6-11,14,17-22,29-36,38-42,47H,12-13,15-16,23-28H2,1-5H3/i23D2,24D2,25D2,26D2,27D2,28D2. The lowest BCUT2D eigenvalue weighted by Gasteiger charge is -2.18. The average Bonchev–Trinajstić information content (AvgIpc) is 4.07. The molecule has 0 radical (unpaired) electrons. The molecule has 0 spiro atoms. The highest BCUT2D eigenvalue weighted by Gasteiger charge is 2.23. The van der Waals surface area contributed by atoms with E-state index in [2.05, 4.69) is 16.0 Å². The van der Waals surface area contributed by atoms with E-state index in [1.54, 1.807) is 24.3 Å². The minimum atomic E-state index is -3.14. The van der Waals surface area contributed by atoms with Crippen LogP contribution >= 0.6 is 0 Å². The minimum Gasteiger partial charge on any atom is -0.455 e. The fraction of sp³-hybridized carbons (Fsp3) is 0.281. The number of aromatic nitrogens is 3. The van der Waals surface area contributed by atoms with Gasteiger partial charge in [0.1, 0.15) is 11.2 Å². The normalized spacial score (nSPS) is 16.8. The topological polar surface area (TPSA) is 75.6 Å². The molecule has 0 atom stereocenters. The van der Waals surface area contributed by atoms with Crippen LogP contribution in [0.5, 0.6) is 0 Å². The van der Waals surface area contributed by atoms with Gasteiger partial charge in [-0.3, -0.25) is 15.0 Å². The molecule has 1 saturated carbocycles. The minimum absolute atomic E-state index is 0.0737. The lowest BCUT2D eigenvalue weighted by Crippen LogP contribution is -2.06. The van der Waals surface area contributed by atoms with Gasteiger partial charge in [0.05, 0.1) is 28.7 Å². The number of pyridine rings is 3. The number of benzene rings is 5. The number of hydrogen-bond donors (Lipinski definition) is 0. The van der Waals surface area contributed by atoms with Crippen molar-refractivity contribution in [1.82, 2.24) is 15.0 Å². The monoisotopic (exact) mass is 915 g/mol. The number of nitrogens with zero attached hydrogens (tertiary/aromatic N) is 4. The molecule has 0 bridgehead atoms. The first-order valence-corrected chi connectivity index (χ1v) is 23.9. The third kappa shape index (κ3) is 9.77. The van der Waals surface area contributed by atoms with Crippen molar-refractivity contribution in [3.63, 3.8) is 0 Å². The number of fused-ring (bicyclic) bond motifs is 3. The fourth-order valence-electron chi connectivity index (χ4n) is 9.52. The van der Waals surface area contributed by atoms with Crippen molar-refractivity contribution in [3.05, 3.63) is 207 Å². The summed E-state index contributed by atoms with van der Waals surface area (Å²) in [6.07, 6.45) is -11.2. The zero-order valence-electron chi connectivity index (χ0n) is 51.6. The van der Waals surface area contributed by atoms with Crippen LogP contribution in [0.3, 0.4) is 0 Å². The summed E-state index contributed by atoms with van der Waals surface area (Å²) in [5.41, 5.74) is 5.45. The van der Waals surface area contributed by atoms with Crippen molar-refractivity contribution in [2.75, 3.05) is 0 Å². The van der Waals surface area contributed by atoms with Gasteiger partial charge >= 0.3 is 0 Å². The summed E-state index contributed by atoms with van der Waals surface area (Å²) in [5.74, 6) is -0.872. The van der Waals surface area contributed by atoms with E-state index in [-0.39, 0.29) is 34.4 Å². The van der Waals surface area contributed by atoms with Gasteiger partial charge < -0.3 is 4.42 Å². The smallest absolute Gasteiger partial charge is 0.144 e. The van der Waals surface area contributed by atoms with Gasteiger partial charge in [0, 0.05) is 68.1 Å². The second-order valence-corrected chi connectivity index (χ2v) is 18.6. The van der Waals surface area contributed by atoms with Crippen LogP contribution in [0.4, 0.5) is 0 Å². The maximum atomic E-state index is 10.0. The molecular formula is C64H62N4O. The second kappa shape index (κ2) is 20.2. The van der Waals surface area contributed by atoms with E-state index in [0.29, 0.717) is 74.5 Å². The van der Waals surface area contributed by atoms with E-state index in [4.69, 9.17) is 9.40 Å². The van der Waals surface area contributed by atoms with Gasteiger partial charge in [0.15, 0.2) is 0 Å². The Morgan fingerprint density at radius 2 is 1.07 bits per heavy atom. The van der Waals surface area contributed by atoms with Gasteiger partial charge in [-0.25, -0.2) is 0 Å². The predicted molar refractivity (Wildman–Crippen MR) is 284 cm³/mol. The molecule has 9 aromatic rings. The molecule has 5 heteroatoms. The summed E-state index contributed by atoms with van der Waals surface area (Å²) in [6.45, 7) is 9.24. The number of rotatable bonds is 15. The first-order chi connectivity index (χ1) is 38.2. The van der Waals surface area contributed by atoms with E-state index in [9.17, 15) is 21.7 Å². The van der Waals surface area contributed by atoms with Crippen LogP contribution in [-0.4, -0.2) is 15.0 Å². The lowest BCUT2D eigenvalue weighted by atomic mass is 9.88. The maximum absolute atomic E-state index is 10.0.